The predicted molar refractivity (Wildman–Crippen MR) is 80.2 cm³/mol. The summed E-state index contributed by atoms with van der Waals surface area (Å²) in [6.45, 7) is 6.36. The van der Waals surface area contributed by atoms with Crippen LogP contribution in [0, 0.1) is 5.92 Å². The maximum atomic E-state index is 6.09. The SMILES string of the molecule is COC(C)(C)CC(CN)N1CCC[C@H]2CCCC[C@H]21. The van der Waals surface area contributed by atoms with Gasteiger partial charge in [-0.15, -0.1) is 0 Å². The highest BCUT2D eigenvalue weighted by atomic mass is 16.5. The molecule has 2 aliphatic rings. The van der Waals surface area contributed by atoms with Crippen molar-refractivity contribution >= 4 is 0 Å². The van der Waals surface area contributed by atoms with Crippen molar-refractivity contribution in [3.05, 3.63) is 0 Å². The molecule has 3 nitrogen and oxygen atoms in total. The van der Waals surface area contributed by atoms with Gasteiger partial charge in [-0.25, -0.2) is 0 Å². The minimum Gasteiger partial charge on any atom is -0.379 e. The molecule has 2 rings (SSSR count). The monoisotopic (exact) mass is 268 g/mol. The number of methoxy groups -OCH3 is 1. The molecular formula is C16H32N2O. The Hall–Kier alpha value is -0.120. The molecule has 0 aromatic carbocycles. The van der Waals surface area contributed by atoms with E-state index in [9.17, 15) is 0 Å². The van der Waals surface area contributed by atoms with E-state index in [4.69, 9.17) is 10.5 Å². The van der Waals surface area contributed by atoms with Crippen molar-refractivity contribution in [2.45, 2.75) is 76.5 Å². The summed E-state index contributed by atoms with van der Waals surface area (Å²) in [5, 5.41) is 0. The molecule has 19 heavy (non-hydrogen) atoms. The Labute approximate surface area is 118 Å². The fourth-order valence-corrected chi connectivity index (χ4v) is 4.10. The average molecular weight is 268 g/mol. The number of nitrogens with two attached hydrogens (primary N) is 1. The summed E-state index contributed by atoms with van der Waals surface area (Å²) in [7, 11) is 1.81. The highest BCUT2D eigenvalue weighted by Crippen LogP contribution is 2.37. The van der Waals surface area contributed by atoms with Crippen molar-refractivity contribution in [1.82, 2.24) is 4.90 Å². The van der Waals surface area contributed by atoms with Crippen molar-refractivity contribution in [3.8, 4) is 0 Å². The van der Waals surface area contributed by atoms with Gasteiger partial charge in [-0.05, 0) is 58.4 Å². The van der Waals surface area contributed by atoms with Gasteiger partial charge in [0.2, 0.25) is 0 Å². The molecule has 0 aromatic heterocycles. The first-order valence-corrected chi connectivity index (χ1v) is 8.08. The molecule has 1 saturated carbocycles. The van der Waals surface area contributed by atoms with Crippen molar-refractivity contribution in [2.24, 2.45) is 11.7 Å². The van der Waals surface area contributed by atoms with Crippen LogP contribution in [0.4, 0.5) is 0 Å². The zero-order valence-electron chi connectivity index (χ0n) is 13.0. The largest absolute Gasteiger partial charge is 0.379 e. The van der Waals surface area contributed by atoms with Gasteiger partial charge in [0.05, 0.1) is 5.60 Å². The van der Waals surface area contributed by atoms with E-state index in [1.807, 2.05) is 7.11 Å². The smallest absolute Gasteiger partial charge is 0.0638 e. The summed E-state index contributed by atoms with van der Waals surface area (Å²) in [6, 6.07) is 1.28. The summed E-state index contributed by atoms with van der Waals surface area (Å²) in [5.41, 5.74) is 6.03. The van der Waals surface area contributed by atoms with Crippen molar-refractivity contribution in [1.29, 1.82) is 0 Å². The van der Waals surface area contributed by atoms with E-state index in [0.717, 1.165) is 24.9 Å². The van der Waals surface area contributed by atoms with E-state index in [1.54, 1.807) is 0 Å². The summed E-state index contributed by atoms with van der Waals surface area (Å²) >= 11 is 0. The van der Waals surface area contributed by atoms with Crippen LogP contribution in [0.15, 0.2) is 0 Å². The van der Waals surface area contributed by atoms with Gasteiger partial charge in [-0.1, -0.05) is 12.8 Å². The Morgan fingerprint density at radius 1 is 1.21 bits per heavy atom. The van der Waals surface area contributed by atoms with Crippen molar-refractivity contribution < 1.29 is 4.74 Å². The molecule has 1 aliphatic carbocycles. The van der Waals surface area contributed by atoms with Gasteiger partial charge in [0, 0.05) is 25.7 Å². The van der Waals surface area contributed by atoms with Crippen LogP contribution in [0.3, 0.4) is 0 Å². The van der Waals surface area contributed by atoms with Gasteiger partial charge in [0.1, 0.15) is 0 Å². The van der Waals surface area contributed by atoms with Crippen LogP contribution in [-0.2, 0) is 4.74 Å². The van der Waals surface area contributed by atoms with Gasteiger partial charge in [0.25, 0.3) is 0 Å². The number of piperidine rings is 1. The fraction of sp³-hybridized carbons (Fsp3) is 1.00. The Morgan fingerprint density at radius 2 is 1.89 bits per heavy atom. The summed E-state index contributed by atoms with van der Waals surface area (Å²) in [4.78, 5) is 2.73. The lowest BCUT2D eigenvalue weighted by Crippen LogP contribution is -2.55. The molecule has 1 saturated heterocycles. The Balaban J connectivity index is 2.03. The molecule has 1 aliphatic heterocycles. The van der Waals surface area contributed by atoms with Gasteiger partial charge in [0.15, 0.2) is 0 Å². The first-order valence-electron chi connectivity index (χ1n) is 8.08. The first kappa shape index (κ1) is 15.3. The first-order chi connectivity index (χ1) is 9.07. The molecule has 1 unspecified atom stereocenters. The summed E-state index contributed by atoms with van der Waals surface area (Å²) in [5.74, 6) is 0.933. The molecule has 2 fully saturated rings. The van der Waals surface area contributed by atoms with E-state index in [1.165, 1.54) is 45.1 Å². The molecule has 0 aromatic rings. The van der Waals surface area contributed by atoms with Gasteiger partial charge in [-0.2, -0.15) is 0 Å². The second-order valence-corrected chi connectivity index (χ2v) is 7.05. The van der Waals surface area contributed by atoms with E-state index in [0.29, 0.717) is 6.04 Å². The van der Waals surface area contributed by atoms with E-state index in [2.05, 4.69) is 18.7 Å². The molecule has 3 atom stereocenters. The summed E-state index contributed by atoms with van der Waals surface area (Å²) in [6.07, 6.45) is 9.50. The number of hydrogen-bond acceptors (Lipinski definition) is 3. The zero-order chi connectivity index (χ0) is 13.9. The maximum Gasteiger partial charge on any atom is 0.0638 e. The van der Waals surface area contributed by atoms with Crippen LogP contribution in [0.25, 0.3) is 0 Å². The standard InChI is InChI=1S/C16H32N2O/c1-16(2,19-3)11-14(12-17)18-10-6-8-13-7-4-5-9-15(13)18/h13-15H,4-12,17H2,1-3H3/t13-,14?,15-/m1/s1. The number of fused-ring (bicyclic) bond motifs is 1. The third kappa shape index (κ3) is 3.71. The predicted octanol–water partition coefficient (Wildman–Crippen LogP) is 2.78. The molecular weight excluding hydrogens is 236 g/mol. The average Bonchev–Trinajstić information content (AvgIpc) is 2.44. The minimum absolute atomic E-state index is 0.0638. The molecule has 2 N–H and O–H groups in total. The van der Waals surface area contributed by atoms with E-state index >= 15 is 0 Å². The normalized spacial score (nSPS) is 30.9. The Morgan fingerprint density at radius 3 is 2.58 bits per heavy atom. The lowest BCUT2D eigenvalue weighted by Gasteiger charge is -2.48. The van der Waals surface area contributed by atoms with Crippen LogP contribution >= 0.6 is 0 Å². The lowest BCUT2D eigenvalue weighted by atomic mass is 9.77. The number of likely N-dealkylation sites (tertiary alicyclic amines) is 1. The summed E-state index contributed by atoms with van der Waals surface area (Å²) < 4.78 is 5.61. The zero-order valence-corrected chi connectivity index (χ0v) is 13.0. The molecule has 0 amide bonds. The van der Waals surface area contributed by atoms with Gasteiger partial charge in [-0.3, -0.25) is 4.90 Å². The minimum atomic E-state index is -0.0638. The second kappa shape index (κ2) is 6.55. The molecule has 3 heteroatoms. The third-order valence-corrected chi connectivity index (χ3v) is 5.31. The number of hydrogen-bond donors (Lipinski definition) is 1. The molecule has 0 radical (unpaired) electrons. The number of rotatable bonds is 5. The molecule has 0 bridgehead atoms. The van der Waals surface area contributed by atoms with E-state index < -0.39 is 0 Å². The van der Waals surface area contributed by atoms with Crippen LogP contribution < -0.4 is 5.73 Å². The van der Waals surface area contributed by atoms with Crippen LogP contribution in [-0.4, -0.2) is 42.8 Å². The molecule has 1 heterocycles. The highest BCUT2D eigenvalue weighted by molar-refractivity contribution is 4.92. The Kier molecular flexibility index (Phi) is 5.27. The quantitative estimate of drug-likeness (QED) is 0.833. The second-order valence-electron chi connectivity index (χ2n) is 7.05. The maximum absolute atomic E-state index is 6.09. The van der Waals surface area contributed by atoms with Crippen LogP contribution in [0.1, 0.15) is 58.8 Å². The number of ether oxygens (including phenoxy) is 1. The van der Waals surface area contributed by atoms with Crippen molar-refractivity contribution in [2.75, 3.05) is 20.2 Å². The lowest BCUT2D eigenvalue weighted by molar-refractivity contribution is -0.0344. The van der Waals surface area contributed by atoms with Gasteiger partial charge >= 0.3 is 0 Å². The van der Waals surface area contributed by atoms with E-state index in [-0.39, 0.29) is 5.60 Å². The van der Waals surface area contributed by atoms with Crippen LogP contribution in [0.5, 0.6) is 0 Å². The Bertz CT molecular complexity index is 278. The highest BCUT2D eigenvalue weighted by Gasteiger charge is 2.37. The molecule has 112 valence electrons. The van der Waals surface area contributed by atoms with Gasteiger partial charge < -0.3 is 10.5 Å². The fourth-order valence-electron chi connectivity index (χ4n) is 4.10. The number of nitrogens with zero attached hydrogens (tertiary/aromatic N) is 1. The molecule has 0 spiro atoms. The van der Waals surface area contributed by atoms with Crippen molar-refractivity contribution in [3.63, 3.8) is 0 Å². The third-order valence-electron chi connectivity index (χ3n) is 5.31. The van der Waals surface area contributed by atoms with Crippen LogP contribution in [0.2, 0.25) is 0 Å². The topological polar surface area (TPSA) is 38.5 Å².